The van der Waals surface area contributed by atoms with Gasteiger partial charge in [-0.1, -0.05) is 6.08 Å². The molecule has 1 aliphatic heterocycles. The van der Waals surface area contributed by atoms with E-state index < -0.39 is 11.9 Å². The first kappa shape index (κ1) is 17.7. The smallest absolute Gasteiger partial charge is 0.378 e. The summed E-state index contributed by atoms with van der Waals surface area (Å²) in [5.74, 6) is -0.105. The Labute approximate surface area is 152 Å². The molecule has 1 unspecified atom stereocenters. The minimum Gasteiger partial charge on any atom is -0.378 e. The Balaban J connectivity index is 1.60. The highest BCUT2D eigenvalue weighted by molar-refractivity contribution is 5.93. The quantitative estimate of drug-likeness (QED) is 0.860. The highest BCUT2D eigenvalue weighted by Gasteiger charge is 2.33. The predicted octanol–water partition coefficient (Wildman–Crippen LogP) is 3.76. The number of hydrogen-bond acceptors (Lipinski definition) is 4. The van der Waals surface area contributed by atoms with Crippen LogP contribution in [0.5, 0.6) is 0 Å². The summed E-state index contributed by atoms with van der Waals surface area (Å²) in [4.78, 5) is 20.3. The van der Waals surface area contributed by atoms with Gasteiger partial charge in [-0.2, -0.15) is 13.2 Å². The second-order valence-electron chi connectivity index (χ2n) is 6.48. The van der Waals surface area contributed by atoms with Crippen molar-refractivity contribution in [2.24, 2.45) is 0 Å². The van der Waals surface area contributed by atoms with Gasteiger partial charge < -0.3 is 4.74 Å². The molecule has 2 aliphatic rings. The first-order valence-corrected chi connectivity index (χ1v) is 8.69. The maximum Gasteiger partial charge on any atom is 0.433 e. The van der Waals surface area contributed by atoms with Gasteiger partial charge in [0, 0.05) is 13.0 Å². The first-order valence-electron chi connectivity index (χ1n) is 8.69. The lowest BCUT2D eigenvalue weighted by Gasteiger charge is -2.14. The van der Waals surface area contributed by atoms with Gasteiger partial charge in [0.15, 0.2) is 5.65 Å². The fourth-order valence-electron chi connectivity index (χ4n) is 3.13. The molecule has 1 aliphatic carbocycles. The summed E-state index contributed by atoms with van der Waals surface area (Å²) in [6.45, 7) is 0.718. The standard InChI is InChI=1S/C18H17F3N4O2/c19-18(20,21)14-8-7-13-16(23-14)25(11-3-1-4-11)17(22-13)24-15(26)9-6-12-5-2-10-27-12/h1,3-4,7-8,12H,2,5-6,9-10H2,(H,22,24,26). The van der Waals surface area contributed by atoms with Gasteiger partial charge in [-0.15, -0.1) is 0 Å². The molecule has 0 radical (unpaired) electrons. The van der Waals surface area contributed by atoms with Gasteiger partial charge in [-0.3, -0.25) is 14.7 Å². The van der Waals surface area contributed by atoms with Gasteiger partial charge in [0.1, 0.15) is 11.2 Å². The number of hydrogen-bond donors (Lipinski definition) is 1. The lowest BCUT2D eigenvalue weighted by molar-refractivity contribution is -0.141. The van der Waals surface area contributed by atoms with E-state index in [0.29, 0.717) is 12.1 Å². The van der Waals surface area contributed by atoms with Crippen LogP contribution in [0.1, 0.15) is 31.4 Å². The molecule has 3 heterocycles. The zero-order valence-electron chi connectivity index (χ0n) is 14.3. The number of ether oxygens (including phenoxy) is 1. The molecular formula is C18H17F3N4O2. The van der Waals surface area contributed by atoms with Gasteiger partial charge in [0.2, 0.25) is 11.9 Å². The van der Waals surface area contributed by atoms with E-state index in [-0.39, 0.29) is 35.5 Å². The molecule has 1 fully saturated rings. The van der Waals surface area contributed by atoms with Crippen LogP contribution in [-0.2, 0) is 15.7 Å². The largest absolute Gasteiger partial charge is 0.433 e. The van der Waals surface area contributed by atoms with Crippen LogP contribution in [0.25, 0.3) is 16.9 Å². The Morgan fingerprint density at radius 1 is 1.33 bits per heavy atom. The molecule has 1 N–H and O–H groups in total. The molecule has 1 saturated heterocycles. The van der Waals surface area contributed by atoms with Crippen LogP contribution in [-0.4, -0.2) is 33.2 Å². The van der Waals surface area contributed by atoms with Gasteiger partial charge in [-0.25, -0.2) is 9.97 Å². The Morgan fingerprint density at radius 3 is 2.78 bits per heavy atom. The van der Waals surface area contributed by atoms with Crippen LogP contribution in [0, 0.1) is 0 Å². The lowest BCUT2D eigenvalue weighted by Crippen LogP contribution is -2.18. The van der Waals surface area contributed by atoms with Crippen LogP contribution in [0.2, 0.25) is 0 Å². The number of anilines is 1. The minimum atomic E-state index is -4.56. The SMILES string of the molecule is O=C(CCC1CCCO1)Nc1nc2ccc(C(F)(F)F)nc2n1C1=CC=C1. The lowest BCUT2D eigenvalue weighted by atomic mass is 10.1. The van der Waals surface area contributed by atoms with Crippen LogP contribution >= 0.6 is 0 Å². The second-order valence-corrected chi connectivity index (χ2v) is 6.48. The van der Waals surface area contributed by atoms with Gasteiger partial charge in [0.05, 0.1) is 11.8 Å². The normalized spacial score (nSPS) is 19.2. The van der Waals surface area contributed by atoms with Crippen molar-refractivity contribution in [2.45, 2.75) is 38.0 Å². The highest BCUT2D eigenvalue weighted by Crippen LogP contribution is 2.32. The minimum absolute atomic E-state index is 0.0508. The van der Waals surface area contributed by atoms with Crippen molar-refractivity contribution in [3.8, 4) is 0 Å². The molecule has 0 bridgehead atoms. The number of amides is 1. The predicted molar refractivity (Wildman–Crippen MR) is 92.8 cm³/mol. The van der Waals surface area contributed by atoms with Crippen LogP contribution < -0.4 is 5.32 Å². The van der Waals surface area contributed by atoms with Crippen molar-refractivity contribution >= 4 is 28.7 Å². The average molecular weight is 378 g/mol. The number of nitrogens with one attached hydrogen (secondary N) is 1. The number of fused-ring (bicyclic) bond motifs is 1. The Bertz CT molecular complexity index is 940. The van der Waals surface area contributed by atoms with E-state index in [1.807, 2.05) is 0 Å². The van der Waals surface area contributed by atoms with Crippen molar-refractivity contribution in [1.82, 2.24) is 14.5 Å². The van der Waals surface area contributed by atoms with Crippen molar-refractivity contribution in [1.29, 1.82) is 0 Å². The molecule has 2 aromatic rings. The Hall–Kier alpha value is -2.68. The maximum absolute atomic E-state index is 13.0. The maximum atomic E-state index is 13.0. The Kier molecular flexibility index (Phi) is 4.47. The second kappa shape index (κ2) is 6.80. The number of carbonyl (C=O) groups is 1. The summed E-state index contributed by atoms with van der Waals surface area (Å²) in [7, 11) is 0. The van der Waals surface area contributed by atoms with E-state index in [2.05, 4.69) is 15.3 Å². The molecule has 142 valence electrons. The molecule has 2 aromatic heterocycles. The van der Waals surface area contributed by atoms with Crippen LogP contribution in [0.3, 0.4) is 0 Å². The number of carbonyl (C=O) groups excluding carboxylic acids is 1. The topological polar surface area (TPSA) is 69.0 Å². The molecule has 0 aromatic carbocycles. The van der Waals surface area contributed by atoms with Crippen molar-refractivity contribution in [3.63, 3.8) is 0 Å². The van der Waals surface area contributed by atoms with Crippen molar-refractivity contribution < 1.29 is 22.7 Å². The molecule has 9 heteroatoms. The molecule has 6 nitrogen and oxygen atoms in total. The summed E-state index contributed by atoms with van der Waals surface area (Å²) < 4.78 is 45.9. The van der Waals surface area contributed by atoms with E-state index in [0.717, 1.165) is 25.5 Å². The highest BCUT2D eigenvalue weighted by atomic mass is 19.4. The number of aromatic nitrogens is 3. The molecule has 0 saturated carbocycles. The number of halogens is 3. The number of alkyl halides is 3. The Morgan fingerprint density at radius 2 is 2.15 bits per heavy atom. The van der Waals surface area contributed by atoms with Crippen molar-refractivity contribution in [3.05, 3.63) is 36.1 Å². The molecular weight excluding hydrogens is 361 g/mol. The van der Waals surface area contributed by atoms with E-state index in [1.54, 1.807) is 18.2 Å². The van der Waals surface area contributed by atoms with E-state index in [9.17, 15) is 18.0 Å². The summed E-state index contributed by atoms with van der Waals surface area (Å²) in [6.07, 6.45) is 3.49. The molecule has 4 rings (SSSR count). The third-order valence-electron chi connectivity index (χ3n) is 4.56. The average Bonchev–Trinajstić information content (AvgIpc) is 3.19. The van der Waals surface area contributed by atoms with E-state index >= 15 is 0 Å². The summed E-state index contributed by atoms with van der Waals surface area (Å²) >= 11 is 0. The summed E-state index contributed by atoms with van der Waals surface area (Å²) in [5.41, 5.74) is -0.0662. The third kappa shape index (κ3) is 3.59. The van der Waals surface area contributed by atoms with E-state index in [1.165, 1.54) is 10.6 Å². The molecule has 1 amide bonds. The molecule has 27 heavy (non-hydrogen) atoms. The zero-order valence-corrected chi connectivity index (χ0v) is 14.3. The van der Waals surface area contributed by atoms with Crippen LogP contribution in [0.15, 0.2) is 30.4 Å². The summed E-state index contributed by atoms with van der Waals surface area (Å²) in [6, 6.07) is 2.14. The number of allylic oxidation sites excluding steroid dienone is 4. The fourth-order valence-corrected chi connectivity index (χ4v) is 3.13. The number of imidazole rings is 1. The summed E-state index contributed by atoms with van der Waals surface area (Å²) in [5, 5.41) is 2.69. The first-order chi connectivity index (χ1) is 12.9. The van der Waals surface area contributed by atoms with Gasteiger partial charge in [-0.05, 0) is 43.5 Å². The number of rotatable bonds is 5. The number of pyridine rings is 1. The van der Waals surface area contributed by atoms with Crippen LogP contribution in [0.4, 0.5) is 19.1 Å². The molecule has 1 atom stereocenters. The van der Waals surface area contributed by atoms with Crippen molar-refractivity contribution in [2.75, 3.05) is 11.9 Å². The fraction of sp³-hybridized carbons (Fsp3) is 0.389. The van der Waals surface area contributed by atoms with E-state index in [4.69, 9.17) is 4.74 Å². The zero-order chi connectivity index (χ0) is 19.0. The monoisotopic (exact) mass is 378 g/mol. The number of nitrogens with zero attached hydrogens (tertiary/aromatic N) is 3. The third-order valence-corrected chi connectivity index (χ3v) is 4.56. The van der Waals surface area contributed by atoms with Gasteiger partial charge in [0.25, 0.3) is 0 Å². The van der Waals surface area contributed by atoms with Gasteiger partial charge >= 0.3 is 6.18 Å². The molecule has 0 spiro atoms.